The van der Waals surface area contributed by atoms with Crippen LogP contribution in [0, 0.1) is 0 Å². The minimum Gasteiger partial charge on any atom is -0.303 e. The standard InChI is InChI=1S/C17H14ClF3O/c18-16-8-6-13(7-9-16)14(11-22)5-4-12-2-1-3-15(10-12)17(19,20)21/h1-3,6-11,14H,4-5H2. The molecule has 0 amide bonds. The minimum absolute atomic E-state index is 0.355. The molecule has 0 spiro atoms. The van der Waals surface area contributed by atoms with Gasteiger partial charge in [0.05, 0.1) is 5.56 Å². The highest BCUT2D eigenvalue weighted by atomic mass is 35.5. The van der Waals surface area contributed by atoms with Gasteiger partial charge in [0.15, 0.2) is 0 Å². The monoisotopic (exact) mass is 326 g/mol. The maximum absolute atomic E-state index is 12.7. The Labute approximate surface area is 131 Å². The summed E-state index contributed by atoms with van der Waals surface area (Å²) in [7, 11) is 0. The summed E-state index contributed by atoms with van der Waals surface area (Å²) in [4.78, 5) is 11.2. The summed E-state index contributed by atoms with van der Waals surface area (Å²) in [6.07, 6.45) is -2.69. The fourth-order valence-electron chi connectivity index (χ4n) is 2.25. The number of hydrogen-bond acceptors (Lipinski definition) is 1. The molecular weight excluding hydrogens is 313 g/mol. The van der Waals surface area contributed by atoms with Crippen molar-refractivity contribution < 1.29 is 18.0 Å². The average molecular weight is 327 g/mol. The van der Waals surface area contributed by atoms with Crippen molar-refractivity contribution in [2.75, 3.05) is 0 Å². The number of halogens is 4. The van der Waals surface area contributed by atoms with Crippen LogP contribution in [-0.2, 0) is 17.4 Å². The topological polar surface area (TPSA) is 17.1 Å². The molecule has 0 aliphatic carbocycles. The molecule has 116 valence electrons. The first-order chi connectivity index (χ1) is 10.4. The predicted molar refractivity (Wildman–Crippen MR) is 80.0 cm³/mol. The van der Waals surface area contributed by atoms with Crippen LogP contribution < -0.4 is 0 Å². The van der Waals surface area contributed by atoms with E-state index in [-0.39, 0.29) is 5.92 Å². The number of carbonyl (C=O) groups excluding carboxylic acids is 1. The third-order valence-corrected chi connectivity index (χ3v) is 3.71. The number of hydrogen-bond donors (Lipinski definition) is 0. The summed E-state index contributed by atoms with van der Waals surface area (Å²) >= 11 is 5.80. The van der Waals surface area contributed by atoms with Crippen LogP contribution in [0.1, 0.15) is 29.0 Å². The van der Waals surface area contributed by atoms with Gasteiger partial charge in [-0.2, -0.15) is 13.2 Å². The SMILES string of the molecule is O=CC(CCc1cccc(C(F)(F)F)c1)c1ccc(Cl)cc1. The van der Waals surface area contributed by atoms with Gasteiger partial charge < -0.3 is 4.79 Å². The van der Waals surface area contributed by atoms with E-state index in [1.54, 1.807) is 30.3 Å². The van der Waals surface area contributed by atoms with Crippen LogP contribution >= 0.6 is 11.6 Å². The molecule has 0 radical (unpaired) electrons. The van der Waals surface area contributed by atoms with E-state index in [9.17, 15) is 18.0 Å². The lowest BCUT2D eigenvalue weighted by Crippen LogP contribution is -2.06. The third kappa shape index (κ3) is 4.34. The van der Waals surface area contributed by atoms with Crippen molar-refractivity contribution in [1.82, 2.24) is 0 Å². The van der Waals surface area contributed by atoms with Gasteiger partial charge in [0.2, 0.25) is 0 Å². The number of aldehydes is 1. The maximum atomic E-state index is 12.7. The molecule has 2 aromatic rings. The summed E-state index contributed by atoms with van der Waals surface area (Å²) in [5.74, 6) is -0.355. The minimum atomic E-state index is -4.35. The smallest absolute Gasteiger partial charge is 0.303 e. The largest absolute Gasteiger partial charge is 0.416 e. The first kappa shape index (κ1) is 16.6. The molecule has 1 unspecified atom stereocenters. The summed E-state index contributed by atoms with van der Waals surface area (Å²) in [6.45, 7) is 0. The Kier molecular flexibility index (Phi) is 5.24. The zero-order valence-electron chi connectivity index (χ0n) is 11.6. The summed E-state index contributed by atoms with van der Waals surface area (Å²) < 4.78 is 38.0. The predicted octanol–water partition coefficient (Wildman–Crippen LogP) is 5.27. The van der Waals surface area contributed by atoms with Crippen LogP contribution in [0.15, 0.2) is 48.5 Å². The number of aryl methyl sites for hydroxylation is 1. The molecule has 0 saturated carbocycles. The molecule has 0 bridgehead atoms. The lowest BCUT2D eigenvalue weighted by atomic mass is 9.93. The Morgan fingerprint density at radius 1 is 1.09 bits per heavy atom. The molecule has 0 fully saturated rings. The van der Waals surface area contributed by atoms with Gasteiger partial charge in [-0.25, -0.2) is 0 Å². The molecule has 0 aliphatic heterocycles. The molecule has 1 atom stereocenters. The Bertz CT molecular complexity index is 635. The molecule has 2 rings (SSSR count). The first-order valence-electron chi connectivity index (χ1n) is 6.77. The van der Waals surface area contributed by atoms with Gasteiger partial charge in [0, 0.05) is 10.9 Å². The van der Waals surface area contributed by atoms with E-state index in [1.165, 1.54) is 6.07 Å². The first-order valence-corrected chi connectivity index (χ1v) is 7.15. The summed E-state index contributed by atoms with van der Waals surface area (Å²) in [5.41, 5.74) is 0.709. The molecule has 0 saturated heterocycles. The number of carbonyl (C=O) groups is 1. The van der Waals surface area contributed by atoms with Crippen LogP contribution in [0.5, 0.6) is 0 Å². The van der Waals surface area contributed by atoms with Gasteiger partial charge in [-0.15, -0.1) is 0 Å². The Morgan fingerprint density at radius 3 is 2.36 bits per heavy atom. The highest BCUT2D eigenvalue weighted by Crippen LogP contribution is 2.30. The molecule has 0 N–H and O–H groups in total. The van der Waals surface area contributed by atoms with Gasteiger partial charge >= 0.3 is 6.18 Å². The van der Waals surface area contributed by atoms with Gasteiger partial charge in [0.25, 0.3) is 0 Å². The zero-order valence-corrected chi connectivity index (χ0v) is 12.4. The molecule has 0 aromatic heterocycles. The van der Waals surface area contributed by atoms with Crippen molar-refractivity contribution in [3.63, 3.8) is 0 Å². The van der Waals surface area contributed by atoms with Crippen molar-refractivity contribution in [3.8, 4) is 0 Å². The van der Waals surface area contributed by atoms with Crippen LogP contribution in [-0.4, -0.2) is 6.29 Å². The molecule has 0 heterocycles. The van der Waals surface area contributed by atoms with Crippen LogP contribution in [0.2, 0.25) is 5.02 Å². The molecule has 5 heteroatoms. The summed E-state index contributed by atoms with van der Waals surface area (Å²) in [5, 5.41) is 0.575. The fourth-order valence-corrected chi connectivity index (χ4v) is 2.37. The molecule has 1 nitrogen and oxygen atoms in total. The number of benzene rings is 2. The summed E-state index contributed by atoms with van der Waals surface area (Å²) in [6, 6.07) is 12.1. The van der Waals surface area contributed by atoms with Crippen molar-refractivity contribution >= 4 is 17.9 Å². The van der Waals surface area contributed by atoms with Crippen LogP contribution in [0.25, 0.3) is 0 Å². The third-order valence-electron chi connectivity index (χ3n) is 3.46. The van der Waals surface area contributed by atoms with Crippen molar-refractivity contribution in [1.29, 1.82) is 0 Å². The van der Waals surface area contributed by atoms with E-state index in [0.717, 1.165) is 24.0 Å². The highest BCUT2D eigenvalue weighted by molar-refractivity contribution is 6.30. The molecule has 0 aliphatic rings. The number of rotatable bonds is 5. The second-order valence-corrected chi connectivity index (χ2v) is 5.47. The lowest BCUT2D eigenvalue weighted by molar-refractivity contribution is -0.137. The van der Waals surface area contributed by atoms with Crippen molar-refractivity contribution in [2.24, 2.45) is 0 Å². The van der Waals surface area contributed by atoms with Crippen molar-refractivity contribution in [2.45, 2.75) is 24.9 Å². The lowest BCUT2D eigenvalue weighted by Gasteiger charge is -2.12. The van der Waals surface area contributed by atoms with Gasteiger partial charge in [0.1, 0.15) is 6.29 Å². The van der Waals surface area contributed by atoms with E-state index in [2.05, 4.69) is 0 Å². The van der Waals surface area contributed by atoms with E-state index >= 15 is 0 Å². The van der Waals surface area contributed by atoms with Gasteiger partial charge in [-0.1, -0.05) is 41.9 Å². The zero-order chi connectivity index (χ0) is 16.2. The van der Waals surface area contributed by atoms with E-state index < -0.39 is 11.7 Å². The van der Waals surface area contributed by atoms with E-state index in [4.69, 9.17) is 11.6 Å². The normalized spacial score (nSPS) is 12.9. The van der Waals surface area contributed by atoms with Crippen LogP contribution in [0.4, 0.5) is 13.2 Å². The van der Waals surface area contributed by atoms with Gasteiger partial charge in [-0.05, 0) is 42.2 Å². The average Bonchev–Trinajstić information content (AvgIpc) is 2.49. The van der Waals surface area contributed by atoms with Crippen LogP contribution in [0.3, 0.4) is 0 Å². The Balaban J connectivity index is 2.08. The molecular formula is C17H14ClF3O. The van der Waals surface area contributed by atoms with E-state index in [0.29, 0.717) is 23.4 Å². The fraction of sp³-hybridized carbons (Fsp3) is 0.235. The maximum Gasteiger partial charge on any atom is 0.416 e. The van der Waals surface area contributed by atoms with Crippen molar-refractivity contribution in [3.05, 3.63) is 70.2 Å². The van der Waals surface area contributed by atoms with Gasteiger partial charge in [-0.3, -0.25) is 0 Å². The second kappa shape index (κ2) is 6.97. The molecule has 2 aromatic carbocycles. The Morgan fingerprint density at radius 2 is 1.77 bits per heavy atom. The highest BCUT2D eigenvalue weighted by Gasteiger charge is 2.30. The quantitative estimate of drug-likeness (QED) is 0.684. The Hall–Kier alpha value is -1.81. The number of alkyl halides is 3. The molecule has 22 heavy (non-hydrogen) atoms. The van der Waals surface area contributed by atoms with E-state index in [1.807, 2.05) is 0 Å². The second-order valence-electron chi connectivity index (χ2n) is 5.03.